The van der Waals surface area contributed by atoms with Gasteiger partial charge in [-0.3, -0.25) is 19.4 Å². The van der Waals surface area contributed by atoms with E-state index in [1.807, 2.05) is 65.8 Å². The zero-order valence-corrected chi connectivity index (χ0v) is 28.1. The minimum atomic E-state index is -0.577. The Morgan fingerprint density at radius 1 is 0.705 bits per heavy atom. The van der Waals surface area contributed by atoms with Crippen LogP contribution in [-0.4, -0.2) is 52.0 Å². The van der Waals surface area contributed by atoms with Crippen LogP contribution < -0.4 is 14.4 Å². The Morgan fingerprint density at radius 2 is 1.16 bits per heavy atom. The van der Waals surface area contributed by atoms with Crippen LogP contribution in [0.2, 0.25) is 0 Å². The molecule has 230 valence electrons. The molecule has 0 atom stereocenters. The summed E-state index contributed by atoms with van der Waals surface area (Å²) in [7, 11) is 3.13. The highest BCUT2D eigenvalue weighted by Gasteiger charge is 2.39. The molecular weight excluding hydrogens is 570 g/mol. The van der Waals surface area contributed by atoms with Gasteiger partial charge in [-0.2, -0.15) is 0 Å². The molecule has 3 aromatic rings. The summed E-state index contributed by atoms with van der Waals surface area (Å²) in [5, 5.41) is 0.153. The van der Waals surface area contributed by atoms with Crippen molar-refractivity contribution in [2.75, 3.05) is 19.0 Å². The van der Waals surface area contributed by atoms with E-state index in [0.717, 1.165) is 17.1 Å². The van der Waals surface area contributed by atoms with Crippen LogP contribution >= 0.6 is 12.2 Å². The molecule has 7 nitrogen and oxygen atoms in total. The number of nitrogens with zero attached hydrogens (tertiary/aromatic N) is 3. The smallest absolute Gasteiger partial charge is 0.265 e. The summed E-state index contributed by atoms with van der Waals surface area (Å²) in [4.78, 5) is 31.4. The summed E-state index contributed by atoms with van der Waals surface area (Å²) in [5.41, 5.74) is 4.41. The molecule has 2 aliphatic heterocycles. The van der Waals surface area contributed by atoms with Gasteiger partial charge in [0.1, 0.15) is 28.3 Å². The number of anilines is 3. The Bertz CT molecular complexity index is 1640. The summed E-state index contributed by atoms with van der Waals surface area (Å²) in [6.07, 6.45) is 1.58. The lowest BCUT2D eigenvalue weighted by molar-refractivity contribution is -0.132. The Morgan fingerprint density at radius 3 is 1.64 bits per heavy atom. The summed E-state index contributed by atoms with van der Waals surface area (Å²) in [6, 6.07) is 20.7. The minimum Gasteiger partial charge on any atom is -0.487 e. The van der Waals surface area contributed by atoms with Gasteiger partial charge in [-0.15, -0.1) is 0 Å². The molecule has 0 aromatic heterocycles. The van der Waals surface area contributed by atoms with Gasteiger partial charge in [0.15, 0.2) is 5.11 Å². The summed E-state index contributed by atoms with van der Waals surface area (Å²) >= 11 is 5.30. The monoisotopic (exact) mass is 611 g/mol. The number of fused-ring (bicyclic) bond motifs is 2. The number of amides is 2. The third-order valence-electron chi connectivity index (χ3n) is 7.74. The third-order valence-corrected chi connectivity index (χ3v) is 8.29. The predicted octanol–water partition coefficient (Wildman–Crippen LogP) is 7.75. The molecule has 0 saturated carbocycles. The lowest BCUT2D eigenvalue weighted by atomic mass is 9.73. The molecule has 0 bridgehead atoms. The van der Waals surface area contributed by atoms with E-state index >= 15 is 0 Å². The van der Waals surface area contributed by atoms with Crippen molar-refractivity contribution >= 4 is 52.3 Å². The standard InChI is InChI=1S/C36H41N3O4S/c1-34(2,3)42-29-21-28(39-26-17-13-11-15-24(26)36(7,8)25-16-12-14-18-27(25)39)30(43-35(4,5)6)20-22(29)19-23-31(40)37(9)33(44)38(10)32(23)41/h11-21H,1-10H3. The first-order valence-corrected chi connectivity index (χ1v) is 15.2. The zero-order valence-electron chi connectivity index (χ0n) is 27.2. The largest absolute Gasteiger partial charge is 0.487 e. The van der Waals surface area contributed by atoms with Gasteiger partial charge >= 0.3 is 0 Å². The van der Waals surface area contributed by atoms with Crippen molar-refractivity contribution < 1.29 is 19.1 Å². The summed E-state index contributed by atoms with van der Waals surface area (Å²) in [6.45, 7) is 16.4. The molecule has 2 heterocycles. The lowest BCUT2D eigenvalue weighted by Gasteiger charge is -2.42. The fourth-order valence-corrected chi connectivity index (χ4v) is 5.91. The van der Waals surface area contributed by atoms with E-state index < -0.39 is 23.0 Å². The molecule has 0 spiro atoms. The molecule has 1 fully saturated rings. The maximum Gasteiger partial charge on any atom is 0.265 e. The molecule has 5 rings (SSSR count). The first kappa shape index (κ1) is 31.3. The molecule has 2 aliphatic rings. The number of carbonyl (C=O) groups is 2. The van der Waals surface area contributed by atoms with E-state index in [1.54, 1.807) is 20.2 Å². The van der Waals surface area contributed by atoms with Crippen molar-refractivity contribution in [2.45, 2.75) is 72.0 Å². The van der Waals surface area contributed by atoms with Gasteiger partial charge in [-0.05, 0) is 89.2 Å². The second-order valence-electron chi connectivity index (χ2n) is 13.9. The highest BCUT2D eigenvalue weighted by Crippen LogP contribution is 2.54. The van der Waals surface area contributed by atoms with Crippen LogP contribution in [0.25, 0.3) is 6.08 Å². The van der Waals surface area contributed by atoms with Crippen LogP contribution in [-0.2, 0) is 15.0 Å². The molecule has 8 heteroatoms. The Labute approximate surface area is 266 Å². The van der Waals surface area contributed by atoms with Crippen LogP contribution in [0.5, 0.6) is 11.5 Å². The van der Waals surface area contributed by atoms with Crippen LogP contribution in [0, 0.1) is 0 Å². The highest BCUT2D eigenvalue weighted by atomic mass is 32.1. The van der Waals surface area contributed by atoms with Gasteiger partial charge in [-0.1, -0.05) is 50.2 Å². The van der Waals surface area contributed by atoms with Crippen LogP contribution in [0.4, 0.5) is 17.1 Å². The van der Waals surface area contributed by atoms with Crippen LogP contribution in [0.3, 0.4) is 0 Å². The molecule has 0 aliphatic carbocycles. The topological polar surface area (TPSA) is 62.3 Å². The molecule has 0 N–H and O–H groups in total. The highest BCUT2D eigenvalue weighted by molar-refractivity contribution is 7.80. The maximum atomic E-state index is 13.3. The van der Waals surface area contributed by atoms with Crippen molar-refractivity contribution in [3.05, 3.63) is 82.9 Å². The van der Waals surface area contributed by atoms with E-state index in [1.165, 1.54) is 20.9 Å². The normalized spacial score (nSPS) is 16.5. The van der Waals surface area contributed by atoms with Gasteiger partial charge in [0, 0.05) is 31.1 Å². The molecule has 3 aromatic carbocycles. The van der Waals surface area contributed by atoms with E-state index in [9.17, 15) is 9.59 Å². The van der Waals surface area contributed by atoms with Gasteiger partial charge < -0.3 is 14.4 Å². The number of thiocarbonyl (C=S) groups is 1. The molecular formula is C36H41N3O4S. The van der Waals surface area contributed by atoms with E-state index in [2.05, 4.69) is 55.1 Å². The Hall–Kier alpha value is -4.17. The predicted molar refractivity (Wildman–Crippen MR) is 180 cm³/mol. The minimum absolute atomic E-state index is 0.00719. The van der Waals surface area contributed by atoms with E-state index in [-0.39, 0.29) is 16.1 Å². The first-order chi connectivity index (χ1) is 20.4. The van der Waals surface area contributed by atoms with E-state index in [4.69, 9.17) is 21.7 Å². The zero-order chi connectivity index (χ0) is 32.4. The number of carbonyl (C=O) groups excluding carboxylic acids is 2. The Kier molecular flexibility index (Phi) is 7.65. The third kappa shape index (κ3) is 5.59. The quantitative estimate of drug-likeness (QED) is 0.171. The second-order valence-corrected chi connectivity index (χ2v) is 14.2. The molecule has 0 unspecified atom stereocenters. The molecule has 1 saturated heterocycles. The second kappa shape index (κ2) is 10.8. The number of likely N-dealkylation sites (N-methyl/N-ethyl adjacent to an activating group) is 2. The van der Waals surface area contributed by atoms with Crippen molar-refractivity contribution in [1.29, 1.82) is 0 Å². The fraction of sp³-hybridized carbons (Fsp3) is 0.361. The van der Waals surface area contributed by atoms with Gasteiger partial charge in [0.25, 0.3) is 11.8 Å². The average Bonchev–Trinajstić information content (AvgIpc) is 2.93. The van der Waals surface area contributed by atoms with Crippen LogP contribution in [0.1, 0.15) is 72.1 Å². The maximum absolute atomic E-state index is 13.3. The Balaban J connectivity index is 1.82. The number of rotatable bonds is 4. The van der Waals surface area contributed by atoms with Crippen molar-refractivity contribution in [3.8, 4) is 11.5 Å². The van der Waals surface area contributed by atoms with Crippen molar-refractivity contribution in [2.24, 2.45) is 0 Å². The van der Waals surface area contributed by atoms with Crippen LogP contribution in [0.15, 0.2) is 66.2 Å². The van der Waals surface area contributed by atoms with Gasteiger partial charge in [0.2, 0.25) is 0 Å². The van der Waals surface area contributed by atoms with Crippen molar-refractivity contribution in [3.63, 3.8) is 0 Å². The molecule has 0 radical (unpaired) electrons. The number of benzene rings is 3. The summed E-state index contributed by atoms with van der Waals surface area (Å²) in [5.74, 6) is 0.162. The molecule has 2 amide bonds. The number of ether oxygens (including phenoxy) is 2. The van der Waals surface area contributed by atoms with Gasteiger partial charge in [-0.25, -0.2) is 0 Å². The number of hydrogen-bond acceptors (Lipinski definition) is 6. The number of hydrogen-bond donors (Lipinski definition) is 0. The molecule has 44 heavy (non-hydrogen) atoms. The average molecular weight is 612 g/mol. The number of para-hydroxylation sites is 2. The lowest BCUT2D eigenvalue weighted by Crippen LogP contribution is -2.52. The SMILES string of the molecule is CN1C(=O)C(=Cc2cc(OC(C)(C)C)c(N3c4ccccc4C(C)(C)c4ccccc43)cc2OC(C)(C)C)C(=O)N(C)C1=S. The summed E-state index contributed by atoms with van der Waals surface area (Å²) < 4.78 is 13.2. The van der Waals surface area contributed by atoms with Crippen molar-refractivity contribution in [1.82, 2.24) is 9.80 Å². The van der Waals surface area contributed by atoms with Gasteiger partial charge in [0.05, 0.1) is 17.1 Å². The first-order valence-electron chi connectivity index (χ1n) is 14.8. The fourth-order valence-electron chi connectivity index (χ4n) is 5.74. The van der Waals surface area contributed by atoms with E-state index in [0.29, 0.717) is 17.1 Å².